The lowest BCUT2D eigenvalue weighted by Crippen LogP contribution is -2.57. The molecular formula is C35H42F2N4O7. The number of amides is 2. The Kier molecular flexibility index (Phi) is 9.79. The van der Waals surface area contributed by atoms with Gasteiger partial charge >= 0.3 is 18.0 Å². The van der Waals surface area contributed by atoms with Crippen LogP contribution in [0, 0.1) is 17.3 Å². The summed E-state index contributed by atoms with van der Waals surface area (Å²) in [5, 5.41) is 2.75. The molecule has 2 heterocycles. The fourth-order valence-electron chi connectivity index (χ4n) is 6.48. The number of esters is 1. The predicted octanol–water partition coefficient (Wildman–Crippen LogP) is 5.49. The van der Waals surface area contributed by atoms with Crippen molar-refractivity contribution < 1.29 is 42.1 Å². The molecule has 6 atom stereocenters. The quantitative estimate of drug-likeness (QED) is 0.231. The van der Waals surface area contributed by atoms with Gasteiger partial charge in [0.25, 0.3) is 0 Å². The molecule has 2 fully saturated rings. The van der Waals surface area contributed by atoms with Crippen molar-refractivity contribution in [3.63, 3.8) is 0 Å². The zero-order valence-corrected chi connectivity index (χ0v) is 27.8. The number of carbonyl (C=O) groups excluding carboxylic acids is 3. The van der Waals surface area contributed by atoms with E-state index in [4.69, 9.17) is 18.9 Å². The van der Waals surface area contributed by atoms with Crippen molar-refractivity contribution >= 4 is 29.0 Å². The maximum atomic E-state index is 15.0. The van der Waals surface area contributed by atoms with Crippen LogP contribution in [-0.4, -0.2) is 77.9 Å². The van der Waals surface area contributed by atoms with Gasteiger partial charge in [-0.05, 0) is 42.9 Å². The minimum absolute atomic E-state index is 0.0831. The van der Waals surface area contributed by atoms with Crippen LogP contribution in [0.15, 0.2) is 55.2 Å². The second-order valence-electron chi connectivity index (χ2n) is 13.4. The van der Waals surface area contributed by atoms with E-state index in [2.05, 4.69) is 34.5 Å². The maximum absolute atomic E-state index is 15.0. The van der Waals surface area contributed by atoms with E-state index in [9.17, 15) is 14.4 Å². The number of allylic oxidation sites excluding steroid dienone is 3. The van der Waals surface area contributed by atoms with Crippen LogP contribution in [-0.2, 0) is 25.0 Å². The fourth-order valence-corrected chi connectivity index (χ4v) is 6.48. The van der Waals surface area contributed by atoms with Crippen molar-refractivity contribution in [2.24, 2.45) is 17.3 Å². The molecule has 2 aliphatic carbocycles. The highest BCUT2D eigenvalue weighted by Crippen LogP contribution is 2.51. The van der Waals surface area contributed by atoms with E-state index in [-0.39, 0.29) is 36.0 Å². The Labute approximate surface area is 278 Å². The smallest absolute Gasteiger partial charge is 0.408 e. The zero-order valence-electron chi connectivity index (χ0n) is 27.8. The molecule has 258 valence electrons. The second kappa shape index (κ2) is 13.5. The Morgan fingerprint density at radius 3 is 2.52 bits per heavy atom. The molecule has 0 unspecified atom stereocenters. The highest BCUT2D eigenvalue weighted by atomic mass is 19.3. The van der Waals surface area contributed by atoms with Gasteiger partial charge in [-0.2, -0.15) is 8.78 Å². The van der Waals surface area contributed by atoms with Gasteiger partial charge in [0.15, 0.2) is 5.69 Å². The van der Waals surface area contributed by atoms with Crippen molar-refractivity contribution in [1.82, 2.24) is 20.2 Å². The van der Waals surface area contributed by atoms with E-state index in [0.29, 0.717) is 24.2 Å². The Hall–Kier alpha value is -4.55. The van der Waals surface area contributed by atoms with Gasteiger partial charge in [0.05, 0.1) is 31.8 Å². The molecule has 3 aliphatic rings. The Balaban J connectivity index is 1.37. The lowest BCUT2D eigenvalue weighted by Gasteiger charge is -2.35. The maximum Gasteiger partial charge on any atom is 0.408 e. The molecule has 1 saturated carbocycles. The van der Waals surface area contributed by atoms with Gasteiger partial charge < -0.3 is 29.2 Å². The van der Waals surface area contributed by atoms with Crippen molar-refractivity contribution in [2.45, 2.75) is 76.7 Å². The third kappa shape index (κ3) is 7.14. The molecule has 11 nitrogen and oxygen atoms in total. The summed E-state index contributed by atoms with van der Waals surface area (Å²) in [5.41, 5.74) is 0.145. The molecule has 2 aromatic rings. The summed E-state index contributed by atoms with van der Waals surface area (Å²) < 4.78 is 52.2. The number of carbonyl (C=O) groups is 3. The number of alkyl carbamates (subject to hydrolysis) is 1. The molecule has 0 spiro atoms. The molecule has 1 aromatic heterocycles. The number of methoxy groups -OCH3 is 2. The summed E-state index contributed by atoms with van der Waals surface area (Å²) >= 11 is 0. The Morgan fingerprint density at radius 2 is 1.88 bits per heavy atom. The van der Waals surface area contributed by atoms with Crippen molar-refractivity contribution in [2.75, 3.05) is 20.8 Å². The number of hydrogen-bond donors (Lipinski definition) is 1. The summed E-state index contributed by atoms with van der Waals surface area (Å²) in [4.78, 5) is 50.1. The number of rotatable bonds is 12. The molecule has 2 amide bonds. The number of hydrogen-bond acceptors (Lipinski definition) is 9. The highest BCUT2D eigenvalue weighted by molar-refractivity contribution is 5.91. The van der Waals surface area contributed by atoms with Gasteiger partial charge in [-0.25, -0.2) is 19.6 Å². The summed E-state index contributed by atoms with van der Waals surface area (Å²) in [6.07, 6.45) is 4.68. The van der Waals surface area contributed by atoms with Crippen LogP contribution in [0.5, 0.6) is 11.6 Å². The van der Waals surface area contributed by atoms with Crippen LogP contribution in [0.3, 0.4) is 0 Å². The van der Waals surface area contributed by atoms with Crippen LogP contribution in [0.1, 0.15) is 52.1 Å². The summed E-state index contributed by atoms with van der Waals surface area (Å²) in [6.45, 7) is 12.2. The number of nitrogens with one attached hydrogen (secondary N) is 1. The van der Waals surface area contributed by atoms with Crippen LogP contribution >= 0.6 is 0 Å². The van der Waals surface area contributed by atoms with E-state index >= 15 is 8.78 Å². The van der Waals surface area contributed by atoms with Gasteiger partial charge in [0, 0.05) is 24.3 Å². The molecule has 0 bridgehead atoms. The fraction of sp³-hybridized carbons (Fsp3) is 0.514. The second-order valence-corrected chi connectivity index (χ2v) is 13.4. The van der Waals surface area contributed by atoms with Gasteiger partial charge in [-0.15, -0.1) is 6.58 Å². The van der Waals surface area contributed by atoms with E-state index in [1.54, 1.807) is 26.8 Å². The zero-order chi connectivity index (χ0) is 35.0. The van der Waals surface area contributed by atoms with Crippen molar-refractivity contribution in [1.29, 1.82) is 0 Å². The minimum atomic E-state index is -3.60. The number of ether oxygens (including phenoxy) is 4. The normalized spacial score (nSPS) is 23.9. The molecule has 1 aliphatic heterocycles. The van der Waals surface area contributed by atoms with E-state index in [1.165, 1.54) is 36.8 Å². The molecule has 48 heavy (non-hydrogen) atoms. The van der Waals surface area contributed by atoms with Gasteiger partial charge in [0.2, 0.25) is 11.8 Å². The number of alkyl halides is 2. The van der Waals surface area contributed by atoms with Crippen molar-refractivity contribution in [3.05, 3.63) is 60.9 Å². The van der Waals surface area contributed by atoms with Crippen LogP contribution in [0.4, 0.5) is 13.6 Å². The first kappa shape index (κ1) is 34.8. The molecule has 1 aromatic carbocycles. The first-order chi connectivity index (χ1) is 22.7. The minimum Gasteiger partial charge on any atom is -0.497 e. The molecular weight excluding hydrogens is 626 g/mol. The first-order valence-electron chi connectivity index (χ1n) is 15.9. The highest BCUT2D eigenvalue weighted by Gasteiger charge is 2.49. The summed E-state index contributed by atoms with van der Waals surface area (Å²) in [6, 6.07) is 2.36. The van der Waals surface area contributed by atoms with E-state index in [0.717, 1.165) is 12.8 Å². The number of halogens is 2. The number of aromatic nitrogens is 2. The predicted molar refractivity (Wildman–Crippen MR) is 172 cm³/mol. The first-order valence-corrected chi connectivity index (χ1v) is 15.9. The molecule has 0 radical (unpaired) electrons. The number of nitrogens with zero attached hydrogens (tertiary/aromatic N) is 3. The topological polar surface area (TPSA) is 129 Å². The largest absolute Gasteiger partial charge is 0.497 e. The third-order valence-corrected chi connectivity index (χ3v) is 9.10. The Morgan fingerprint density at radius 1 is 1.12 bits per heavy atom. The SMILES string of the molecule is C=CCC[C@@H]1C2=C[C@H]2C[C@H]1OC(=O)N[C@H](C(=O)N1C[C@H](Oc2nc3cc(OC)ccc3nc2C(F)(F)C=C)C[C@H]1C(=O)OC)C(C)(C)C. The average Bonchev–Trinajstić information content (AvgIpc) is 3.54. The van der Waals surface area contributed by atoms with Gasteiger partial charge in [-0.3, -0.25) is 4.79 Å². The van der Waals surface area contributed by atoms with E-state index in [1.807, 2.05) is 6.08 Å². The van der Waals surface area contributed by atoms with Crippen molar-refractivity contribution in [3.8, 4) is 11.6 Å². The summed E-state index contributed by atoms with van der Waals surface area (Å²) in [7, 11) is 2.64. The molecule has 5 rings (SSSR count). The van der Waals surface area contributed by atoms with E-state index < -0.39 is 59.1 Å². The Bertz CT molecular complexity index is 1640. The van der Waals surface area contributed by atoms with Gasteiger partial charge in [-0.1, -0.05) is 45.1 Å². The summed E-state index contributed by atoms with van der Waals surface area (Å²) in [5.74, 6) is -4.49. The van der Waals surface area contributed by atoms with Crippen LogP contribution < -0.4 is 14.8 Å². The number of fused-ring (bicyclic) bond motifs is 2. The lowest BCUT2D eigenvalue weighted by atomic mass is 9.85. The van der Waals surface area contributed by atoms with Crippen LogP contribution in [0.25, 0.3) is 11.0 Å². The van der Waals surface area contributed by atoms with Gasteiger partial charge in [0.1, 0.15) is 30.0 Å². The standard InChI is InChI=1S/C35H42F2N4O7/c1-8-10-11-22-23-14-19(23)15-27(22)48-33(44)40-29(34(3,4)5)31(42)41-18-21(17-26(41)32(43)46-7)47-30-28(35(36,37)9-2)38-24-13-12-20(45-6)16-25(24)39-30/h8-9,12-14,16,19,21-22,26-27,29H,1-2,10-11,15,17-18H2,3-7H3,(H,40,44)/t19-,21+,22+,26-,27+,29+/m0/s1. The lowest BCUT2D eigenvalue weighted by molar-refractivity contribution is -0.152. The molecule has 1 N–H and O–H groups in total. The molecule has 1 saturated heterocycles. The van der Waals surface area contributed by atoms with Crippen LogP contribution in [0.2, 0.25) is 0 Å². The number of benzene rings is 1. The average molecular weight is 669 g/mol. The number of likely N-dealkylation sites (tertiary alicyclic amines) is 1. The third-order valence-electron chi connectivity index (χ3n) is 9.10. The monoisotopic (exact) mass is 668 g/mol. The molecule has 13 heteroatoms.